The highest BCUT2D eigenvalue weighted by Gasteiger charge is 2.21. The van der Waals surface area contributed by atoms with Crippen LogP contribution in [-0.4, -0.2) is 28.3 Å². The van der Waals surface area contributed by atoms with Gasteiger partial charge in [-0.25, -0.2) is 9.59 Å². The van der Waals surface area contributed by atoms with Crippen molar-refractivity contribution < 1.29 is 24.5 Å². The number of carboxylic acid groups (broad SMARTS) is 1. The van der Waals surface area contributed by atoms with Gasteiger partial charge in [0.15, 0.2) is 6.10 Å². The Bertz CT molecular complexity index is 834. The van der Waals surface area contributed by atoms with Crippen LogP contribution < -0.4 is 0 Å². The molecule has 0 saturated heterocycles. The van der Waals surface area contributed by atoms with Crippen molar-refractivity contribution in [3.05, 3.63) is 24.0 Å². The van der Waals surface area contributed by atoms with Gasteiger partial charge in [0.05, 0.1) is 0 Å². The molecule has 0 spiro atoms. The van der Waals surface area contributed by atoms with Crippen LogP contribution in [0.2, 0.25) is 0 Å². The summed E-state index contributed by atoms with van der Waals surface area (Å²) in [6, 6.07) is 0. The molecule has 0 bridgehead atoms. The summed E-state index contributed by atoms with van der Waals surface area (Å²) in [6.07, 6.45) is 53.5. The van der Waals surface area contributed by atoms with E-state index < -0.39 is 18.0 Å². The number of hydrogen-bond acceptors (Lipinski definition) is 4. The van der Waals surface area contributed by atoms with E-state index in [1.165, 1.54) is 205 Å². The van der Waals surface area contributed by atoms with Gasteiger partial charge in [0.1, 0.15) is 0 Å². The zero-order valence-electron chi connectivity index (χ0n) is 35.5. The third-order valence-electron chi connectivity index (χ3n) is 10.8. The monoisotopic (exact) mass is 747 g/mol. The van der Waals surface area contributed by atoms with Crippen LogP contribution in [0, 0.1) is 0 Å². The molecule has 0 saturated carbocycles. The summed E-state index contributed by atoms with van der Waals surface area (Å²) in [5.41, 5.74) is 0. The zero-order chi connectivity index (χ0) is 38.7. The molecule has 1 unspecified atom stereocenters. The maximum atomic E-state index is 12.3. The summed E-state index contributed by atoms with van der Waals surface area (Å²) in [5, 5.41) is 19.7. The smallest absolute Gasteiger partial charge is 0.371 e. The summed E-state index contributed by atoms with van der Waals surface area (Å²) in [6.45, 7) is 4.55. The maximum Gasteiger partial charge on any atom is 0.371 e. The standard InChI is InChI=1S/C48H90O5/c1-3-5-7-9-11-13-15-17-19-21-23-25-27-29-31-33-35-37-39-41-43-45(49)48(52)53-46(47(50)51)44-42-40-38-36-34-32-30-28-26-24-22-20-18-16-14-12-10-8-6-4-2/h17,19,44-45,49H,3-16,18,20-43H2,1-2H3,(H,50,51). The largest absolute Gasteiger partial charge is 0.475 e. The first-order chi connectivity index (χ1) is 26.0. The third kappa shape index (κ3) is 39.9. The highest BCUT2D eigenvalue weighted by Crippen LogP contribution is 2.17. The summed E-state index contributed by atoms with van der Waals surface area (Å²) in [5.74, 6) is -2.45. The van der Waals surface area contributed by atoms with Gasteiger partial charge < -0.3 is 14.9 Å². The van der Waals surface area contributed by atoms with Crippen molar-refractivity contribution in [2.45, 2.75) is 270 Å². The number of carbonyl (C=O) groups excluding carboxylic acids is 1. The number of carboxylic acids is 1. The number of hydrogen-bond donors (Lipinski definition) is 2. The fourth-order valence-electron chi connectivity index (χ4n) is 7.22. The first-order valence-corrected chi connectivity index (χ1v) is 23.5. The van der Waals surface area contributed by atoms with Crippen LogP contribution >= 0.6 is 0 Å². The predicted octanol–water partition coefficient (Wildman–Crippen LogP) is 15.7. The van der Waals surface area contributed by atoms with Crippen molar-refractivity contribution in [3.63, 3.8) is 0 Å². The highest BCUT2D eigenvalue weighted by atomic mass is 16.6. The van der Waals surface area contributed by atoms with Crippen LogP contribution in [0.25, 0.3) is 0 Å². The number of carbonyl (C=O) groups is 2. The summed E-state index contributed by atoms with van der Waals surface area (Å²) < 4.78 is 5.08. The second kappa shape index (κ2) is 43.1. The molecule has 312 valence electrons. The Hall–Kier alpha value is -1.62. The lowest BCUT2D eigenvalue weighted by molar-refractivity contribution is -0.155. The van der Waals surface area contributed by atoms with Gasteiger partial charge in [-0.05, 0) is 51.0 Å². The van der Waals surface area contributed by atoms with Crippen molar-refractivity contribution >= 4 is 11.9 Å². The van der Waals surface area contributed by atoms with Crippen LogP contribution in [0.15, 0.2) is 24.0 Å². The fraction of sp³-hybridized carbons (Fsp3) is 0.875. The van der Waals surface area contributed by atoms with Gasteiger partial charge in [-0.1, -0.05) is 231 Å². The number of rotatable bonds is 43. The molecule has 0 aliphatic heterocycles. The van der Waals surface area contributed by atoms with Crippen molar-refractivity contribution in [2.75, 3.05) is 0 Å². The molecule has 0 aliphatic carbocycles. The van der Waals surface area contributed by atoms with E-state index in [1.54, 1.807) is 0 Å². The predicted molar refractivity (Wildman–Crippen MR) is 228 cm³/mol. The lowest BCUT2D eigenvalue weighted by atomic mass is 10.0. The Morgan fingerprint density at radius 2 is 0.717 bits per heavy atom. The van der Waals surface area contributed by atoms with Gasteiger partial charge in [-0.2, -0.15) is 0 Å². The first-order valence-electron chi connectivity index (χ1n) is 23.5. The molecule has 1 atom stereocenters. The number of esters is 1. The minimum Gasteiger partial charge on any atom is -0.475 e. The summed E-state index contributed by atoms with van der Waals surface area (Å²) in [7, 11) is 0. The van der Waals surface area contributed by atoms with E-state index >= 15 is 0 Å². The molecule has 0 heterocycles. The molecule has 0 rings (SSSR count). The topological polar surface area (TPSA) is 83.8 Å². The van der Waals surface area contributed by atoms with Gasteiger partial charge in [0.2, 0.25) is 5.76 Å². The van der Waals surface area contributed by atoms with E-state index in [4.69, 9.17) is 4.74 Å². The second-order valence-corrected chi connectivity index (χ2v) is 16.1. The second-order valence-electron chi connectivity index (χ2n) is 16.1. The number of aliphatic hydroxyl groups is 1. The molecule has 5 heteroatoms. The Morgan fingerprint density at radius 3 is 1.04 bits per heavy atom. The van der Waals surface area contributed by atoms with Crippen molar-refractivity contribution in [1.29, 1.82) is 0 Å². The maximum absolute atomic E-state index is 12.3. The van der Waals surface area contributed by atoms with Gasteiger partial charge in [0.25, 0.3) is 0 Å². The molecule has 5 nitrogen and oxygen atoms in total. The lowest BCUT2D eigenvalue weighted by Crippen LogP contribution is -2.24. The van der Waals surface area contributed by atoms with Crippen molar-refractivity contribution in [2.24, 2.45) is 0 Å². The number of aliphatic hydroxyl groups excluding tert-OH is 1. The fourth-order valence-corrected chi connectivity index (χ4v) is 7.22. The minimum atomic E-state index is -1.27. The number of ether oxygens (including phenoxy) is 1. The molecular formula is C48H90O5. The van der Waals surface area contributed by atoms with Gasteiger partial charge >= 0.3 is 11.9 Å². The van der Waals surface area contributed by atoms with Crippen LogP contribution in [-0.2, 0) is 14.3 Å². The molecule has 0 fully saturated rings. The van der Waals surface area contributed by atoms with E-state index in [9.17, 15) is 19.8 Å². The third-order valence-corrected chi connectivity index (χ3v) is 10.8. The Kier molecular flexibility index (Phi) is 41.8. The normalized spacial score (nSPS) is 12.5. The average Bonchev–Trinajstić information content (AvgIpc) is 3.15. The van der Waals surface area contributed by atoms with Gasteiger partial charge in [-0.3, -0.25) is 0 Å². The number of unbranched alkanes of at least 4 members (excludes halogenated alkanes) is 35. The molecule has 2 N–H and O–H groups in total. The average molecular weight is 747 g/mol. The molecule has 0 radical (unpaired) electrons. The lowest BCUT2D eigenvalue weighted by Gasteiger charge is -2.11. The molecule has 0 aromatic rings. The molecule has 0 aliphatic rings. The number of allylic oxidation sites excluding steroid dienone is 3. The highest BCUT2D eigenvalue weighted by molar-refractivity contribution is 5.88. The van der Waals surface area contributed by atoms with Crippen molar-refractivity contribution in [3.8, 4) is 0 Å². The van der Waals surface area contributed by atoms with Crippen LogP contribution in [0.5, 0.6) is 0 Å². The van der Waals surface area contributed by atoms with E-state index in [1.807, 2.05) is 0 Å². The Labute approximate surface area is 330 Å². The van der Waals surface area contributed by atoms with E-state index in [-0.39, 0.29) is 5.76 Å². The van der Waals surface area contributed by atoms with E-state index in [2.05, 4.69) is 26.0 Å². The minimum absolute atomic E-state index is 0.318. The SMILES string of the molecule is CCCCCCCCC=CCCCCCCCCCCCCC(O)C(=O)OC(=CCCCCCCCCCCCCCCCCCCCCC)C(=O)O. The van der Waals surface area contributed by atoms with E-state index in [0.717, 1.165) is 38.5 Å². The van der Waals surface area contributed by atoms with Gasteiger partial charge in [-0.15, -0.1) is 0 Å². The Morgan fingerprint density at radius 1 is 0.434 bits per heavy atom. The quantitative estimate of drug-likeness (QED) is 0.0213. The molecule has 53 heavy (non-hydrogen) atoms. The number of aliphatic carboxylic acids is 1. The molecule has 0 aromatic carbocycles. The van der Waals surface area contributed by atoms with E-state index in [0.29, 0.717) is 12.8 Å². The molecular weight excluding hydrogens is 657 g/mol. The summed E-state index contributed by atoms with van der Waals surface area (Å²) in [4.78, 5) is 23.9. The Balaban J connectivity index is 3.63. The van der Waals surface area contributed by atoms with Crippen LogP contribution in [0.1, 0.15) is 264 Å². The van der Waals surface area contributed by atoms with Gasteiger partial charge in [0, 0.05) is 0 Å². The van der Waals surface area contributed by atoms with Crippen LogP contribution in [0.4, 0.5) is 0 Å². The summed E-state index contributed by atoms with van der Waals surface area (Å²) >= 11 is 0. The molecule has 0 amide bonds. The van der Waals surface area contributed by atoms with Crippen LogP contribution in [0.3, 0.4) is 0 Å². The van der Waals surface area contributed by atoms with Crippen molar-refractivity contribution in [1.82, 2.24) is 0 Å². The molecule has 0 aromatic heterocycles. The first kappa shape index (κ1) is 51.4. The zero-order valence-corrected chi connectivity index (χ0v) is 35.5.